The van der Waals surface area contributed by atoms with E-state index in [2.05, 4.69) is 4.98 Å². The summed E-state index contributed by atoms with van der Waals surface area (Å²) >= 11 is 0. The smallest absolute Gasteiger partial charge is 0.416 e. The van der Waals surface area contributed by atoms with Gasteiger partial charge in [-0.2, -0.15) is 0 Å². The number of hydrogen-bond acceptors (Lipinski definition) is 6. The fraction of sp³-hybridized carbons (Fsp3) is 0.562. The van der Waals surface area contributed by atoms with Crippen molar-refractivity contribution in [3.63, 3.8) is 0 Å². The summed E-state index contributed by atoms with van der Waals surface area (Å²) in [5.74, 6) is 0.440. The molecule has 0 saturated heterocycles. The zero-order chi connectivity index (χ0) is 17.0. The Morgan fingerprint density at radius 3 is 2.83 bits per heavy atom. The number of hydrogen-bond donors (Lipinski definition) is 0. The number of anilines is 1. The second-order valence-electron chi connectivity index (χ2n) is 6.15. The van der Waals surface area contributed by atoms with Gasteiger partial charge in [-0.1, -0.05) is 0 Å². The Balaban J connectivity index is 2.28. The monoisotopic (exact) mass is 322 g/mol. The van der Waals surface area contributed by atoms with E-state index in [0.717, 1.165) is 0 Å². The van der Waals surface area contributed by atoms with E-state index in [-0.39, 0.29) is 19.6 Å². The largest absolute Gasteiger partial charge is 0.488 e. The number of pyridine rings is 1. The van der Waals surface area contributed by atoms with Crippen molar-refractivity contribution in [1.82, 2.24) is 4.98 Å². The predicted molar refractivity (Wildman–Crippen MR) is 83.5 cm³/mol. The number of ether oxygens (including phenoxy) is 3. The third-order valence-corrected chi connectivity index (χ3v) is 3.07. The summed E-state index contributed by atoms with van der Waals surface area (Å²) in [5, 5.41) is 0. The SMILES string of the molecule is CCOC(=O)CC1COc2cccnc2N1C(=O)OC(C)(C)C. The molecular weight excluding hydrogens is 300 g/mol. The fourth-order valence-electron chi connectivity index (χ4n) is 2.22. The van der Waals surface area contributed by atoms with E-state index in [1.54, 1.807) is 46.0 Å². The van der Waals surface area contributed by atoms with Crippen molar-refractivity contribution in [2.75, 3.05) is 18.1 Å². The molecule has 0 aromatic carbocycles. The molecule has 0 aliphatic carbocycles. The highest BCUT2D eigenvalue weighted by Crippen LogP contribution is 2.33. The topological polar surface area (TPSA) is 78.0 Å². The number of amides is 1. The van der Waals surface area contributed by atoms with Crippen LogP contribution < -0.4 is 9.64 Å². The Labute approximate surface area is 135 Å². The van der Waals surface area contributed by atoms with Crippen LogP contribution in [0.4, 0.5) is 10.6 Å². The minimum absolute atomic E-state index is 0.0170. The lowest BCUT2D eigenvalue weighted by molar-refractivity contribution is -0.143. The third kappa shape index (κ3) is 4.34. The predicted octanol–water partition coefficient (Wildman–Crippen LogP) is 2.54. The first-order valence-electron chi connectivity index (χ1n) is 7.57. The van der Waals surface area contributed by atoms with Gasteiger partial charge in [0, 0.05) is 6.20 Å². The summed E-state index contributed by atoms with van der Waals surface area (Å²) in [7, 11) is 0. The Bertz CT molecular complexity index is 582. The zero-order valence-electron chi connectivity index (χ0n) is 13.9. The van der Waals surface area contributed by atoms with Gasteiger partial charge in [0.2, 0.25) is 0 Å². The van der Waals surface area contributed by atoms with Crippen molar-refractivity contribution in [2.24, 2.45) is 0 Å². The van der Waals surface area contributed by atoms with E-state index < -0.39 is 23.7 Å². The van der Waals surface area contributed by atoms with Crippen molar-refractivity contribution in [3.05, 3.63) is 18.3 Å². The molecule has 1 aromatic rings. The van der Waals surface area contributed by atoms with Gasteiger partial charge in [0.1, 0.15) is 12.2 Å². The molecule has 2 heterocycles. The first kappa shape index (κ1) is 17.1. The fourth-order valence-corrected chi connectivity index (χ4v) is 2.22. The Hall–Kier alpha value is -2.31. The maximum atomic E-state index is 12.6. The molecule has 126 valence electrons. The zero-order valence-corrected chi connectivity index (χ0v) is 13.9. The quantitative estimate of drug-likeness (QED) is 0.796. The average molecular weight is 322 g/mol. The molecule has 0 spiro atoms. The van der Waals surface area contributed by atoms with E-state index in [9.17, 15) is 9.59 Å². The van der Waals surface area contributed by atoms with Crippen molar-refractivity contribution in [1.29, 1.82) is 0 Å². The maximum absolute atomic E-state index is 12.6. The summed E-state index contributed by atoms with van der Waals surface area (Å²) in [4.78, 5) is 30.0. The number of carbonyl (C=O) groups excluding carboxylic acids is 2. The van der Waals surface area contributed by atoms with E-state index in [1.807, 2.05) is 0 Å². The Morgan fingerprint density at radius 1 is 1.43 bits per heavy atom. The summed E-state index contributed by atoms with van der Waals surface area (Å²) in [6.07, 6.45) is 1.02. The number of nitrogens with zero attached hydrogens (tertiary/aromatic N) is 2. The van der Waals surface area contributed by atoms with Gasteiger partial charge >= 0.3 is 12.1 Å². The highest BCUT2D eigenvalue weighted by Gasteiger charge is 2.37. The molecule has 1 amide bonds. The van der Waals surface area contributed by atoms with Gasteiger partial charge in [0.05, 0.1) is 19.1 Å². The van der Waals surface area contributed by atoms with Crippen LogP contribution in [0.3, 0.4) is 0 Å². The second kappa shape index (κ2) is 6.85. The van der Waals surface area contributed by atoms with Crippen LogP contribution in [0.15, 0.2) is 18.3 Å². The maximum Gasteiger partial charge on any atom is 0.416 e. The minimum atomic E-state index is -0.654. The lowest BCUT2D eigenvalue weighted by Gasteiger charge is -2.36. The molecule has 7 heteroatoms. The van der Waals surface area contributed by atoms with E-state index in [1.165, 1.54) is 4.90 Å². The Morgan fingerprint density at radius 2 is 2.17 bits per heavy atom. The molecule has 0 saturated carbocycles. The Kier molecular flexibility index (Phi) is 5.08. The summed E-state index contributed by atoms with van der Waals surface area (Å²) in [5.41, 5.74) is -0.654. The number of esters is 1. The molecule has 2 rings (SSSR count). The van der Waals surface area contributed by atoms with Gasteiger partial charge < -0.3 is 14.2 Å². The number of rotatable bonds is 3. The molecular formula is C16H22N2O5. The number of carbonyl (C=O) groups is 2. The molecule has 1 aliphatic rings. The van der Waals surface area contributed by atoms with Crippen molar-refractivity contribution in [2.45, 2.75) is 45.8 Å². The van der Waals surface area contributed by atoms with Gasteiger partial charge in [-0.15, -0.1) is 0 Å². The van der Waals surface area contributed by atoms with Gasteiger partial charge in [-0.05, 0) is 39.8 Å². The van der Waals surface area contributed by atoms with Crippen LogP contribution >= 0.6 is 0 Å². The molecule has 7 nitrogen and oxygen atoms in total. The highest BCUT2D eigenvalue weighted by molar-refractivity contribution is 5.90. The third-order valence-electron chi connectivity index (χ3n) is 3.07. The average Bonchev–Trinajstić information content (AvgIpc) is 2.45. The molecule has 1 aliphatic heterocycles. The molecule has 1 atom stereocenters. The van der Waals surface area contributed by atoms with Crippen LogP contribution in [0.1, 0.15) is 34.1 Å². The first-order valence-corrected chi connectivity index (χ1v) is 7.57. The van der Waals surface area contributed by atoms with Crippen LogP contribution in [0.5, 0.6) is 5.75 Å². The number of fused-ring (bicyclic) bond motifs is 1. The van der Waals surface area contributed by atoms with E-state index >= 15 is 0 Å². The van der Waals surface area contributed by atoms with E-state index in [4.69, 9.17) is 14.2 Å². The summed E-state index contributed by atoms with van der Waals surface area (Å²) in [6, 6.07) is 2.92. The lowest BCUT2D eigenvalue weighted by atomic mass is 10.1. The minimum Gasteiger partial charge on any atom is -0.488 e. The standard InChI is InChI=1S/C16H22N2O5/c1-5-21-13(19)9-11-10-22-12-7-6-8-17-14(12)18(11)15(20)23-16(2,3)4/h6-8,11H,5,9-10H2,1-4H3. The first-order chi connectivity index (χ1) is 10.8. The van der Waals surface area contributed by atoms with Crippen molar-refractivity contribution >= 4 is 17.9 Å². The van der Waals surface area contributed by atoms with E-state index in [0.29, 0.717) is 11.6 Å². The molecule has 1 unspecified atom stereocenters. The molecule has 0 fully saturated rings. The lowest BCUT2D eigenvalue weighted by Crippen LogP contribution is -2.50. The van der Waals surface area contributed by atoms with Crippen LogP contribution in [-0.4, -0.2) is 41.9 Å². The molecule has 1 aromatic heterocycles. The molecule has 0 bridgehead atoms. The normalized spacial score (nSPS) is 17.0. The van der Waals surface area contributed by atoms with Crippen LogP contribution in [0, 0.1) is 0 Å². The number of aromatic nitrogens is 1. The molecule has 0 N–H and O–H groups in total. The van der Waals surface area contributed by atoms with Gasteiger partial charge in [-0.3, -0.25) is 9.69 Å². The van der Waals surface area contributed by atoms with Gasteiger partial charge in [0.15, 0.2) is 11.6 Å². The second-order valence-corrected chi connectivity index (χ2v) is 6.15. The summed E-state index contributed by atoms with van der Waals surface area (Å²) < 4.78 is 16.0. The van der Waals surface area contributed by atoms with Crippen LogP contribution in [-0.2, 0) is 14.3 Å². The molecule has 23 heavy (non-hydrogen) atoms. The summed E-state index contributed by atoms with van der Waals surface area (Å²) in [6.45, 7) is 7.54. The van der Waals surface area contributed by atoms with Crippen molar-refractivity contribution in [3.8, 4) is 5.75 Å². The van der Waals surface area contributed by atoms with Gasteiger partial charge in [0.25, 0.3) is 0 Å². The van der Waals surface area contributed by atoms with Crippen LogP contribution in [0.25, 0.3) is 0 Å². The van der Waals surface area contributed by atoms with Gasteiger partial charge in [-0.25, -0.2) is 9.78 Å². The van der Waals surface area contributed by atoms with Crippen molar-refractivity contribution < 1.29 is 23.8 Å². The molecule has 0 radical (unpaired) electrons. The highest BCUT2D eigenvalue weighted by atomic mass is 16.6. The van der Waals surface area contributed by atoms with Crippen LogP contribution in [0.2, 0.25) is 0 Å².